The Morgan fingerprint density at radius 1 is 0.656 bits per heavy atom. The first kappa shape index (κ1) is 50.5. The Hall–Kier alpha value is -4.89. The SMILES string of the molecule is CC(C[C@@H]([NH3+])Cc1ccc(OC(=O)CCOCCOCCOCCN2C(=O)C=CC2=O)c(NC(=O)CCOCCOCCOCCN2C(=O)C=CC2=O)c1)C(=O)OC(C)(C)C. The molecule has 1 unspecified atom stereocenters. The molecule has 61 heavy (non-hydrogen) atoms. The van der Waals surface area contributed by atoms with Crippen LogP contribution in [0, 0.1) is 5.92 Å². The number of anilines is 1. The fourth-order valence-corrected chi connectivity index (χ4v) is 5.71. The number of rotatable bonds is 31. The summed E-state index contributed by atoms with van der Waals surface area (Å²) in [7, 11) is 0. The van der Waals surface area contributed by atoms with Gasteiger partial charge in [0.15, 0.2) is 5.75 Å². The highest BCUT2D eigenvalue weighted by Crippen LogP contribution is 2.28. The summed E-state index contributed by atoms with van der Waals surface area (Å²) in [6, 6.07) is 4.93. The van der Waals surface area contributed by atoms with Crippen molar-refractivity contribution in [1.82, 2.24) is 9.80 Å². The largest absolute Gasteiger partial charge is 0.460 e. The zero-order valence-electron chi connectivity index (χ0n) is 35.6. The van der Waals surface area contributed by atoms with Crippen LogP contribution < -0.4 is 15.8 Å². The Morgan fingerprint density at radius 2 is 1.10 bits per heavy atom. The molecule has 0 saturated carbocycles. The van der Waals surface area contributed by atoms with Gasteiger partial charge in [-0.15, -0.1) is 0 Å². The molecule has 5 amide bonds. The molecule has 0 aromatic heterocycles. The van der Waals surface area contributed by atoms with Crippen molar-refractivity contribution in [2.75, 3.05) is 97.7 Å². The van der Waals surface area contributed by atoms with Crippen LogP contribution in [0.3, 0.4) is 0 Å². The highest BCUT2D eigenvalue weighted by atomic mass is 16.6. The van der Waals surface area contributed by atoms with Crippen LogP contribution in [0.5, 0.6) is 5.75 Å². The van der Waals surface area contributed by atoms with Crippen molar-refractivity contribution in [3.05, 3.63) is 48.1 Å². The second-order valence-electron chi connectivity index (χ2n) is 15.1. The van der Waals surface area contributed by atoms with E-state index in [2.05, 4.69) is 11.1 Å². The molecule has 1 aromatic rings. The third-order valence-corrected chi connectivity index (χ3v) is 8.69. The van der Waals surface area contributed by atoms with Crippen LogP contribution in [-0.2, 0) is 73.1 Å². The maximum absolute atomic E-state index is 13.0. The minimum absolute atomic E-state index is 0.00918. The minimum atomic E-state index is -0.601. The summed E-state index contributed by atoms with van der Waals surface area (Å²) in [6.45, 7) is 10.2. The zero-order valence-corrected chi connectivity index (χ0v) is 35.6. The molecule has 0 bridgehead atoms. The molecule has 338 valence electrons. The lowest BCUT2D eigenvalue weighted by Crippen LogP contribution is -2.62. The number of nitrogens with one attached hydrogen (secondary N) is 1. The highest BCUT2D eigenvalue weighted by molar-refractivity contribution is 6.13. The first-order chi connectivity index (χ1) is 29.1. The molecule has 2 heterocycles. The van der Waals surface area contributed by atoms with Crippen LogP contribution in [0.1, 0.15) is 52.5 Å². The number of benzene rings is 1. The predicted octanol–water partition coefficient (Wildman–Crippen LogP) is 0.781. The maximum Gasteiger partial charge on any atom is 0.313 e. The number of carbonyl (C=O) groups excluding carboxylic acids is 7. The normalized spacial score (nSPS) is 14.9. The van der Waals surface area contributed by atoms with E-state index < -0.39 is 11.6 Å². The van der Waals surface area contributed by atoms with Gasteiger partial charge in [-0.1, -0.05) is 13.0 Å². The van der Waals surface area contributed by atoms with E-state index in [1.54, 1.807) is 25.1 Å². The third kappa shape index (κ3) is 20.5. The molecule has 0 aliphatic carbocycles. The number of carbonyl (C=O) groups is 7. The molecule has 0 fully saturated rings. The molecular weight excluding hydrogens is 800 g/mol. The Kier molecular flexibility index (Phi) is 22.5. The van der Waals surface area contributed by atoms with Crippen LogP contribution in [0.15, 0.2) is 42.5 Å². The van der Waals surface area contributed by atoms with E-state index in [-0.39, 0.29) is 164 Å². The van der Waals surface area contributed by atoms with E-state index in [1.165, 1.54) is 24.3 Å². The molecule has 19 nitrogen and oxygen atoms in total. The quantitative estimate of drug-likeness (QED) is 0.0454. The Bertz CT molecular complexity index is 1660. The summed E-state index contributed by atoms with van der Waals surface area (Å²) in [5, 5.41) is 2.82. The summed E-state index contributed by atoms with van der Waals surface area (Å²) >= 11 is 0. The summed E-state index contributed by atoms with van der Waals surface area (Å²) in [5.41, 5.74) is 4.72. The first-order valence-corrected chi connectivity index (χ1v) is 20.4. The zero-order chi connectivity index (χ0) is 44.6. The van der Waals surface area contributed by atoms with Gasteiger partial charge in [0.25, 0.3) is 23.6 Å². The number of esters is 2. The van der Waals surface area contributed by atoms with Crippen LogP contribution in [-0.4, -0.2) is 155 Å². The molecule has 0 radical (unpaired) electrons. The van der Waals surface area contributed by atoms with Gasteiger partial charge in [0.2, 0.25) is 5.91 Å². The number of ether oxygens (including phenoxy) is 8. The molecule has 2 atom stereocenters. The van der Waals surface area contributed by atoms with Crippen molar-refractivity contribution in [3.8, 4) is 5.75 Å². The minimum Gasteiger partial charge on any atom is -0.460 e. The summed E-state index contributed by atoms with van der Waals surface area (Å²) < 4.78 is 43.9. The van der Waals surface area contributed by atoms with Crippen LogP contribution in [0.4, 0.5) is 5.69 Å². The van der Waals surface area contributed by atoms with Gasteiger partial charge in [-0.25, -0.2) is 0 Å². The lowest BCUT2D eigenvalue weighted by molar-refractivity contribution is -0.422. The number of nitrogens with zero attached hydrogens (tertiary/aromatic N) is 2. The van der Waals surface area contributed by atoms with Crippen molar-refractivity contribution in [3.63, 3.8) is 0 Å². The fraction of sp³-hybridized carbons (Fsp3) is 0.595. The van der Waals surface area contributed by atoms with Crippen molar-refractivity contribution in [1.29, 1.82) is 0 Å². The summed E-state index contributed by atoms with van der Waals surface area (Å²) in [5.74, 6) is -2.92. The molecule has 19 heteroatoms. The Morgan fingerprint density at radius 3 is 1.57 bits per heavy atom. The molecule has 2 aliphatic heterocycles. The van der Waals surface area contributed by atoms with Crippen LogP contribution in [0.25, 0.3) is 0 Å². The molecule has 1 aromatic carbocycles. The number of hydrogen-bond donors (Lipinski definition) is 2. The number of amides is 5. The van der Waals surface area contributed by atoms with E-state index in [0.29, 0.717) is 12.8 Å². The van der Waals surface area contributed by atoms with E-state index in [4.69, 9.17) is 37.9 Å². The second-order valence-corrected chi connectivity index (χ2v) is 15.1. The molecule has 3 rings (SSSR count). The van der Waals surface area contributed by atoms with Crippen molar-refractivity contribution < 1.29 is 77.2 Å². The van der Waals surface area contributed by atoms with Gasteiger partial charge < -0.3 is 48.9 Å². The van der Waals surface area contributed by atoms with Gasteiger partial charge >= 0.3 is 11.9 Å². The number of quaternary nitrogens is 1. The Balaban J connectivity index is 1.38. The molecule has 2 aliphatic rings. The highest BCUT2D eigenvalue weighted by Gasteiger charge is 2.26. The summed E-state index contributed by atoms with van der Waals surface area (Å²) in [6.07, 6.45) is 5.78. The van der Waals surface area contributed by atoms with Crippen molar-refractivity contribution in [2.45, 2.75) is 65.0 Å². The number of imide groups is 2. The van der Waals surface area contributed by atoms with Gasteiger partial charge in [0.1, 0.15) is 5.60 Å². The summed E-state index contributed by atoms with van der Waals surface area (Å²) in [4.78, 5) is 86.7. The molecular formula is C42H61N4O15+. The Labute approximate surface area is 356 Å². The average Bonchev–Trinajstić information content (AvgIpc) is 3.69. The monoisotopic (exact) mass is 861 g/mol. The topological polar surface area (TPSA) is 239 Å². The van der Waals surface area contributed by atoms with Gasteiger partial charge in [-0.2, -0.15) is 0 Å². The molecule has 0 spiro atoms. The predicted molar refractivity (Wildman–Crippen MR) is 217 cm³/mol. The van der Waals surface area contributed by atoms with Gasteiger partial charge in [-0.3, -0.25) is 43.4 Å². The smallest absolute Gasteiger partial charge is 0.313 e. The lowest BCUT2D eigenvalue weighted by atomic mass is 9.96. The van der Waals surface area contributed by atoms with E-state index in [0.717, 1.165) is 15.4 Å². The van der Waals surface area contributed by atoms with Crippen LogP contribution in [0.2, 0.25) is 0 Å². The van der Waals surface area contributed by atoms with E-state index in [1.807, 2.05) is 20.8 Å². The van der Waals surface area contributed by atoms with Crippen LogP contribution >= 0.6 is 0 Å². The third-order valence-electron chi connectivity index (χ3n) is 8.69. The number of hydrogen-bond acceptors (Lipinski definition) is 15. The standard InChI is InChI=1S/C42H60N4O15/c1-30(41(53)61-42(2,3)4)27-32(43)28-31-5-6-34(60-40(52)12-16-55-20-24-59-26-22-57-18-14-46-38(50)9-10-39(46)51)33(29-31)44-35(47)11-15-54-19-23-58-25-21-56-17-13-45-36(48)7-8-37(45)49/h5-10,29-30,32H,11-28,43H2,1-4H3,(H,44,47)/p+1/t30?,32-/m1/s1. The van der Waals surface area contributed by atoms with E-state index >= 15 is 0 Å². The second kappa shape index (κ2) is 27.1. The van der Waals surface area contributed by atoms with Gasteiger partial charge in [0, 0.05) is 37.1 Å². The first-order valence-electron chi connectivity index (χ1n) is 20.4. The van der Waals surface area contributed by atoms with Crippen molar-refractivity contribution in [2.24, 2.45) is 5.92 Å². The van der Waals surface area contributed by atoms with E-state index in [9.17, 15) is 33.6 Å². The van der Waals surface area contributed by atoms with Gasteiger partial charge in [0.05, 0.1) is 123 Å². The van der Waals surface area contributed by atoms with Crippen molar-refractivity contribution >= 4 is 47.2 Å². The average molecular weight is 862 g/mol. The maximum atomic E-state index is 13.0. The molecule has 0 saturated heterocycles. The van der Waals surface area contributed by atoms with Gasteiger partial charge in [-0.05, 0) is 38.5 Å². The fourth-order valence-electron chi connectivity index (χ4n) is 5.71. The lowest BCUT2D eigenvalue weighted by Gasteiger charge is -2.23. The molecule has 4 N–H and O–H groups in total.